The first-order chi connectivity index (χ1) is 6.88. The van der Waals surface area contributed by atoms with Gasteiger partial charge in [0.1, 0.15) is 6.61 Å². The van der Waals surface area contributed by atoms with Gasteiger partial charge in [0.25, 0.3) is 5.91 Å². The monoisotopic (exact) mass is 406 g/mol. The molecule has 0 saturated heterocycles. The fourth-order valence-electron chi connectivity index (χ4n) is 0.469. The molecule has 0 aliphatic heterocycles. The number of ether oxygens (including phenoxy) is 1. The van der Waals surface area contributed by atoms with E-state index >= 15 is 0 Å². The zero-order valence-corrected chi connectivity index (χ0v) is 11.9. The summed E-state index contributed by atoms with van der Waals surface area (Å²) in [6.07, 6.45) is -1.03. The van der Waals surface area contributed by atoms with Crippen LogP contribution in [0.15, 0.2) is 5.11 Å². The number of hydrogen-bond acceptors (Lipinski definition) is 3. The summed E-state index contributed by atoms with van der Waals surface area (Å²) in [7, 11) is 0. The lowest BCUT2D eigenvalue weighted by Crippen LogP contribution is -2.35. The topological polar surface area (TPSA) is 104 Å². The second-order valence-corrected chi connectivity index (χ2v) is 8.82. The molecule has 0 bridgehead atoms. The zero-order valence-electron chi connectivity index (χ0n) is 7.11. The molecule has 0 unspecified atom stereocenters. The minimum absolute atomic E-state index is 0.0767. The molecule has 0 atom stereocenters. The number of carbonyl (C=O) groups is 2. The van der Waals surface area contributed by atoms with Crippen LogP contribution in [0.3, 0.4) is 0 Å². The van der Waals surface area contributed by atoms with E-state index in [1.165, 1.54) is 0 Å². The number of amides is 2. The third kappa shape index (κ3) is 7.60. The van der Waals surface area contributed by atoms with Crippen molar-refractivity contribution in [2.24, 2.45) is 5.11 Å². The minimum atomic E-state index is -1.04. The van der Waals surface area contributed by atoms with Crippen LogP contribution in [0.25, 0.3) is 10.4 Å². The number of alkyl halides is 3. The molecule has 0 rings (SSSR count). The average Bonchev–Trinajstić information content (AvgIpc) is 2.11. The SMILES string of the molecule is [N-]=[N+]=NC(=O)OCCNC(=O)C(Br)(Br)Br. The lowest BCUT2D eigenvalue weighted by atomic mass is 10.6. The molecule has 0 fully saturated rings. The van der Waals surface area contributed by atoms with E-state index in [4.69, 9.17) is 5.53 Å². The molecule has 0 aromatic rings. The molecule has 0 aliphatic carbocycles. The minimum Gasteiger partial charge on any atom is -0.459 e. The van der Waals surface area contributed by atoms with Gasteiger partial charge in [0.05, 0.1) is 6.54 Å². The van der Waals surface area contributed by atoms with Crippen LogP contribution in [-0.4, -0.2) is 27.3 Å². The number of nitrogens with zero attached hydrogens (tertiary/aromatic N) is 3. The average molecular weight is 409 g/mol. The molecular weight excluding hydrogens is 404 g/mol. The molecule has 0 aromatic heterocycles. The van der Waals surface area contributed by atoms with Crippen LogP contribution in [0.4, 0.5) is 4.79 Å². The third-order valence-corrected chi connectivity index (χ3v) is 2.08. The summed E-state index contributed by atoms with van der Waals surface area (Å²) in [6.45, 7) is 0.0305. The van der Waals surface area contributed by atoms with Crippen LogP contribution < -0.4 is 5.32 Å². The van der Waals surface area contributed by atoms with Gasteiger partial charge in [0.15, 0.2) is 0 Å². The Morgan fingerprint density at radius 3 is 2.53 bits per heavy atom. The summed E-state index contributed by atoms with van der Waals surface area (Å²) in [6, 6.07) is 0. The number of halogens is 3. The number of hydrogen-bond donors (Lipinski definition) is 1. The summed E-state index contributed by atoms with van der Waals surface area (Å²) in [4.78, 5) is 23.9. The van der Waals surface area contributed by atoms with Gasteiger partial charge in [-0.15, -0.1) is 0 Å². The van der Waals surface area contributed by atoms with E-state index in [-0.39, 0.29) is 19.1 Å². The Morgan fingerprint density at radius 1 is 1.47 bits per heavy atom. The molecular formula is C5H5Br3N4O3. The van der Waals surface area contributed by atoms with Gasteiger partial charge in [0.2, 0.25) is 2.14 Å². The van der Waals surface area contributed by atoms with Crippen molar-refractivity contribution in [3.63, 3.8) is 0 Å². The molecule has 10 heteroatoms. The number of carbonyl (C=O) groups excluding carboxylic acids is 2. The predicted octanol–water partition coefficient (Wildman–Crippen LogP) is 2.39. The first-order valence-corrected chi connectivity index (χ1v) is 5.82. The highest BCUT2D eigenvalue weighted by molar-refractivity contribution is 9.40. The zero-order chi connectivity index (χ0) is 11.9. The summed E-state index contributed by atoms with van der Waals surface area (Å²) >= 11 is 8.99. The number of rotatable bonds is 3. The van der Waals surface area contributed by atoms with Crippen LogP contribution in [0, 0.1) is 0 Å². The second kappa shape index (κ2) is 7.04. The standard InChI is InChI=1S/C5H5Br3N4O3/c6-5(7,8)3(13)10-1-2-15-4(14)11-12-9/h1-2H2,(H,10,13). The summed E-state index contributed by atoms with van der Waals surface area (Å²) in [5.74, 6) is -0.387. The highest BCUT2D eigenvalue weighted by Gasteiger charge is 2.27. The largest absolute Gasteiger partial charge is 0.459 e. The molecule has 0 aliphatic rings. The Kier molecular flexibility index (Phi) is 6.90. The quantitative estimate of drug-likeness (QED) is 0.255. The van der Waals surface area contributed by atoms with Crippen molar-refractivity contribution in [3.8, 4) is 0 Å². The smallest absolute Gasteiger partial charge is 0.396 e. The molecule has 84 valence electrons. The Balaban J connectivity index is 3.69. The molecule has 0 heterocycles. The van der Waals surface area contributed by atoms with E-state index in [1.807, 2.05) is 0 Å². The summed E-state index contributed by atoms with van der Waals surface area (Å²) in [5, 5.41) is 5.10. The van der Waals surface area contributed by atoms with Crippen molar-refractivity contribution in [2.75, 3.05) is 13.2 Å². The van der Waals surface area contributed by atoms with Crippen molar-refractivity contribution < 1.29 is 14.3 Å². The van der Waals surface area contributed by atoms with Crippen LogP contribution in [-0.2, 0) is 9.53 Å². The van der Waals surface area contributed by atoms with Gasteiger partial charge in [-0.1, -0.05) is 0 Å². The molecule has 7 nitrogen and oxygen atoms in total. The predicted molar refractivity (Wildman–Crippen MR) is 63.0 cm³/mol. The van der Waals surface area contributed by atoms with Crippen molar-refractivity contribution in [1.29, 1.82) is 0 Å². The molecule has 0 spiro atoms. The van der Waals surface area contributed by atoms with Crippen LogP contribution in [0.5, 0.6) is 0 Å². The van der Waals surface area contributed by atoms with Gasteiger partial charge in [-0.25, -0.2) is 4.79 Å². The van der Waals surface area contributed by atoms with Gasteiger partial charge in [-0.05, 0) is 53.3 Å². The Morgan fingerprint density at radius 2 is 2.07 bits per heavy atom. The number of nitrogens with one attached hydrogen (secondary N) is 1. The van der Waals surface area contributed by atoms with Crippen LogP contribution in [0.1, 0.15) is 0 Å². The maximum atomic E-state index is 11.2. The van der Waals surface area contributed by atoms with E-state index in [1.54, 1.807) is 0 Å². The van der Waals surface area contributed by atoms with E-state index in [0.717, 1.165) is 0 Å². The summed E-state index contributed by atoms with van der Waals surface area (Å²) in [5.41, 5.74) is 7.86. The highest BCUT2D eigenvalue weighted by Crippen LogP contribution is 2.33. The Hall–Kier alpha value is -0.310. The van der Waals surface area contributed by atoms with Crippen LogP contribution >= 0.6 is 47.8 Å². The van der Waals surface area contributed by atoms with Gasteiger partial charge in [-0.3, -0.25) is 4.79 Å². The Bertz CT molecular complexity index is 296. The molecule has 2 amide bonds. The summed E-state index contributed by atoms with van der Waals surface area (Å²) < 4.78 is 3.39. The molecule has 0 radical (unpaired) electrons. The van der Waals surface area contributed by atoms with Gasteiger partial charge in [-0.2, -0.15) is 0 Å². The van der Waals surface area contributed by atoms with Crippen molar-refractivity contribution in [1.82, 2.24) is 5.32 Å². The Labute approximate surface area is 110 Å². The molecule has 15 heavy (non-hydrogen) atoms. The maximum Gasteiger partial charge on any atom is 0.396 e. The fraction of sp³-hybridized carbons (Fsp3) is 0.600. The van der Waals surface area contributed by atoms with E-state index in [9.17, 15) is 9.59 Å². The van der Waals surface area contributed by atoms with Gasteiger partial charge >= 0.3 is 6.09 Å². The lowest BCUT2D eigenvalue weighted by molar-refractivity contribution is -0.119. The van der Waals surface area contributed by atoms with Crippen molar-refractivity contribution in [3.05, 3.63) is 10.4 Å². The van der Waals surface area contributed by atoms with Gasteiger partial charge < -0.3 is 10.1 Å². The molecule has 0 aromatic carbocycles. The number of azide groups is 1. The maximum absolute atomic E-state index is 11.2. The first-order valence-electron chi connectivity index (χ1n) is 3.45. The molecule has 1 N–H and O–H groups in total. The highest BCUT2D eigenvalue weighted by atomic mass is 80.0. The van der Waals surface area contributed by atoms with Crippen molar-refractivity contribution >= 4 is 59.8 Å². The van der Waals surface area contributed by atoms with E-state index in [2.05, 4.69) is 67.9 Å². The normalized spacial score (nSPS) is 10.1. The molecule has 0 saturated carbocycles. The third-order valence-electron chi connectivity index (χ3n) is 0.997. The van der Waals surface area contributed by atoms with Crippen molar-refractivity contribution in [2.45, 2.75) is 2.14 Å². The van der Waals surface area contributed by atoms with Gasteiger partial charge in [0, 0.05) is 10.0 Å². The lowest BCUT2D eigenvalue weighted by Gasteiger charge is -2.11. The second-order valence-electron chi connectivity index (χ2n) is 2.06. The van der Waals surface area contributed by atoms with E-state index in [0.29, 0.717) is 0 Å². The van der Waals surface area contributed by atoms with E-state index < -0.39 is 8.24 Å². The fourth-order valence-corrected chi connectivity index (χ4v) is 0.889. The first kappa shape index (κ1) is 14.7. The van der Waals surface area contributed by atoms with Crippen LogP contribution in [0.2, 0.25) is 0 Å².